The average Bonchev–Trinajstić information content (AvgIpc) is 3.78. The minimum absolute atomic E-state index is 0.0157. The number of nitrogens with zero attached hydrogens (tertiary/aromatic N) is 3. The molecular weight excluding hydrogens is 590 g/mol. The van der Waals surface area contributed by atoms with Crippen LogP contribution in [0.15, 0.2) is 160 Å². The predicted octanol–water partition coefficient (Wildman–Crippen LogP) is 11.5. The SMILES string of the molecule is [2H]c1cc2c(c([2H])c1[2H])c([2H])c([2H])c1c2oc2cc([2H])c([2H])c(-c3nc(-c4ccccc4)nc(-c4ccc5c(c4)oc4cccc(-c6ccccc6)c45)n3)c21. The molecule has 0 unspecified atom stereocenters. The van der Waals surface area contributed by atoms with Crippen LogP contribution in [0.4, 0.5) is 0 Å². The summed E-state index contributed by atoms with van der Waals surface area (Å²) < 4.78 is 73.7. The Kier molecular flexibility index (Phi) is 4.48. The summed E-state index contributed by atoms with van der Waals surface area (Å²) in [5, 5.41) is 2.55. The minimum Gasteiger partial charge on any atom is -0.456 e. The Morgan fingerprint density at radius 3 is 2.04 bits per heavy atom. The molecule has 5 heteroatoms. The van der Waals surface area contributed by atoms with Gasteiger partial charge in [-0.2, -0.15) is 0 Å². The molecule has 224 valence electrons. The van der Waals surface area contributed by atoms with E-state index in [-0.39, 0.29) is 92.2 Å². The van der Waals surface area contributed by atoms with Crippen molar-refractivity contribution in [2.45, 2.75) is 0 Å². The zero-order valence-electron chi connectivity index (χ0n) is 32.1. The van der Waals surface area contributed by atoms with Crippen molar-refractivity contribution in [1.29, 1.82) is 0 Å². The van der Waals surface area contributed by atoms with Gasteiger partial charge in [-0.3, -0.25) is 0 Å². The molecule has 3 aromatic heterocycles. The highest BCUT2D eigenvalue weighted by atomic mass is 16.3. The van der Waals surface area contributed by atoms with Crippen molar-refractivity contribution in [3.63, 3.8) is 0 Å². The molecule has 10 aromatic rings. The van der Waals surface area contributed by atoms with Gasteiger partial charge in [-0.05, 0) is 46.8 Å². The van der Waals surface area contributed by atoms with Crippen molar-refractivity contribution in [1.82, 2.24) is 15.0 Å². The van der Waals surface area contributed by atoms with Crippen LogP contribution >= 0.6 is 0 Å². The summed E-state index contributed by atoms with van der Waals surface area (Å²) in [4.78, 5) is 14.7. The Hall–Kier alpha value is -6.59. The molecule has 10 rings (SSSR count). The largest absolute Gasteiger partial charge is 0.456 e. The topological polar surface area (TPSA) is 65.0 Å². The van der Waals surface area contributed by atoms with Crippen molar-refractivity contribution in [2.75, 3.05) is 0 Å². The first-order valence-corrected chi connectivity index (χ1v) is 15.4. The summed E-state index contributed by atoms with van der Waals surface area (Å²) in [6.07, 6.45) is 0. The number of aromatic nitrogens is 3. The molecule has 5 nitrogen and oxygen atoms in total. The molecule has 0 saturated carbocycles. The van der Waals surface area contributed by atoms with Gasteiger partial charge >= 0.3 is 0 Å². The standard InChI is InChI=1S/C43H25N3O2/c1-3-11-26(12-4-1)30-17-9-19-35-38(30)32-23-22-29(25-37(32)47-35)42-44-41(28-14-5-2-6-15-28)45-43(46-42)34-18-10-20-36-39(34)33-24-21-27-13-7-8-16-31(27)40(33)48-36/h1-25H/i7D,8D,10D,13D,18D,21D,24D. The second-order valence-corrected chi connectivity index (χ2v) is 11.4. The van der Waals surface area contributed by atoms with Crippen LogP contribution in [0.3, 0.4) is 0 Å². The highest BCUT2D eigenvalue weighted by molar-refractivity contribution is 6.19. The van der Waals surface area contributed by atoms with E-state index in [1.54, 1.807) is 0 Å². The first kappa shape index (κ1) is 20.5. The second kappa shape index (κ2) is 10.5. The summed E-state index contributed by atoms with van der Waals surface area (Å²) in [6, 6.07) is 32.0. The molecule has 0 radical (unpaired) electrons. The maximum atomic E-state index is 9.19. The second-order valence-electron chi connectivity index (χ2n) is 11.4. The number of rotatable bonds is 4. The smallest absolute Gasteiger partial charge is 0.164 e. The van der Waals surface area contributed by atoms with Crippen molar-refractivity contribution in [3.8, 4) is 45.3 Å². The predicted molar refractivity (Wildman–Crippen MR) is 194 cm³/mol. The van der Waals surface area contributed by atoms with Gasteiger partial charge in [-0.25, -0.2) is 15.0 Å². The van der Waals surface area contributed by atoms with Crippen LogP contribution in [0.2, 0.25) is 0 Å². The lowest BCUT2D eigenvalue weighted by atomic mass is 9.99. The van der Waals surface area contributed by atoms with Gasteiger partial charge in [0, 0.05) is 43.6 Å². The van der Waals surface area contributed by atoms with Crippen LogP contribution in [0.5, 0.6) is 0 Å². The molecule has 0 bridgehead atoms. The molecule has 0 aliphatic carbocycles. The van der Waals surface area contributed by atoms with Crippen LogP contribution in [0, 0.1) is 0 Å². The van der Waals surface area contributed by atoms with Crippen LogP contribution in [0.25, 0.3) is 99.9 Å². The normalized spacial score (nSPS) is 13.8. The molecule has 7 aromatic carbocycles. The molecule has 0 N–H and O–H groups in total. The zero-order valence-corrected chi connectivity index (χ0v) is 25.1. The molecular formula is C43H25N3O2. The third kappa shape index (κ3) is 4.15. The van der Waals surface area contributed by atoms with Gasteiger partial charge in [0.05, 0.1) is 9.60 Å². The maximum Gasteiger partial charge on any atom is 0.164 e. The molecule has 48 heavy (non-hydrogen) atoms. The summed E-state index contributed by atoms with van der Waals surface area (Å²) in [6.45, 7) is 0. The minimum atomic E-state index is -0.359. The zero-order chi connectivity index (χ0) is 37.7. The Balaban J connectivity index is 1.25. The highest BCUT2D eigenvalue weighted by Crippen LogP contribution is 2.41. The lowest BCUT2D eigenvalue weighted by Crippen LogP contribution is -2.00. The van der Waals surface area contributed by atoms with Gasteiger partial charge in [0.2, 0.25) is 0 Å². The Morgan fingerprint density at radius 2 is 1.19 bits per heavy atom. The van der Waals surface area contributed by atoms with E-state index in [1.807, 2.05) is 78.9 Å². The van der Waals surface area contributed by atoms with Gasteiger partial charge in [0.1, 0.15) is 22.3 Å². The molecule has 3 heterocycles. The van der Waals surface area contributed by atoms with E-state index >= 15 is 0 Å². The van der Waals surface area contributed by atoms with E-state index in [4.69, 9.17) is 32.0 Å². The van der Waals surface area contributed by atoms with E-state index in [2.05, 4.69) is 18.2 Å². The fraction of sp³-hybridized carbons (Fsp3) is 0. The summed E-state index contributed by atoms with van der Waals surface area (Å²) in [7, 11) is 0. The quantitative estimate of drug-likeness (QED) is 0.195. The van der Waals surface area contributed by atoms with Crippen molar-refractivity contribution >= 4 is 54.6 Å². The molecule has 0 atom stereocenters. The fourth-order valence-electron chi connectivity index (χ4n) is 6.42. The fourth-order valence-corrected chi connectivity index (χ4v) is 6.42. The number of furan rings is 2. The summed E-state index contributed by atoms with van der Waals surface area (Å²) in [5.41, 5.74) is 5.16. The van der Waals surface area contributed by atoms with Crippen molar-refractivity contribution in [3.05, 3.63) is 151 Å². The van der Waals surface area contributed by atoms with Crippen molar-refractivity contribution in [2.24, 2.45) is 0 Å². The van der Waals surface area contributed by atoms with Crippen molar-refractivity contribution < 1.29 is 18.4 Å². The van der Waals surface area contributed by atoms with E-state index in [0.29, 0.717) is 22.5 Å². The first-order valence-electron chi connectivity index (χ1n) is 18.9. The van der Waals surface area contributed by atoms with Gasteiger partial charge in [0.15, 0.2) is 17.5 Å². The highest BCUT2D eigenvalue weighted by Gasteiger charge is 2.20. The summed E-state index contributed by atoms with van der Waals surface area (Å²) >= 11 is 0. The maximum absolute atomic E-state index is 9.19. The third-order valence-electron chi connectivity index (χ3n) is 8.62. The molecule has 0 fully saturated rings. The van der Waals surface area contributed by atoms with Gasteiger partial charge < -0.3 is 8.83 Å². The molecule has 0 aliphatic rings. The molecule has 0 spiro atoms. The monoisotopic (exact) mass is 622 g/mol. The molecule has 0 saturated heterocycles. The van der Waals surface area contributed by atoms with Gasteiger partial charge in [-0.1, -0.05) is 121 Å². The number of fused-ring (bicyclic) bond motifs is 8. The number of hydrogen-bond donors (Lipinski definition) is 0. The van der Waals surface area contributed by atoms with E-state index in [1.165, 1.54) is 12.1 Å². The summed E-state index contributed by atoms with van der Waals surface area (Å²) in [5.74, 6) is 0.649. The van der Waals surface area contributed by atoms with Crippen LogP contribution < -0.4 is 0 Å². The Bertz CT molecular complexity index is 3240. The Labute approximate surface area is 284 Å². The van der Waals surface area contributed by atoms with E-state index in [9.17, 15) is 1.37 Å². The number of hydrogen-bond acceptors (Lipinski definition) is 5. The third-order valence-corrected chi connectivity index (χ3v) is 8.62. The molecule has 0 amide bonds. The van der Waals surface area contributed by atoms with Gasteiger partial charge in [0.25, 0.3) is 0 Å². The van der Waals surface area contributed by atoms with Crippen LogP contribution in [-0.4, -0.2) is 15.0 Å². The average molecular weight is 623 g/mol. The van der Waals surface area contributed by atoms with E-state index in [0.717, 1.165) is 27.5 Å². The van der Waals surface area contributed by atoms with E-state index < -0.39 is 0 Å². The Morgan fingerprint density at radius 1 is 0.438 bits per heavy atom. The van der Waals surface area contributed by atoms with Crippen LogP contribution in [0.1, 0.15) is 9.60 Å². The van der Waals surface area contributed by atoms with Crippen LogP contribution in [-0.2, 0) is 0 Å². The van der Waals surface area contributed by atoms with Gasteiger partial charge in [-0.15, -0.1) is 0 Å². The lowest BCUT2D eigenvalue weighted by Gasteiger charge is -2.09. The number of benzene rings is 7. The lowest BCUT2D eigenvalue weighted by molar-refractivity contribution is 0.669. The first-order chi connectivity index (χ1) is 26.7. The molecule has 0 aliphatic heterocycles.